The summed E-state index contributed by atoms with van der Waals surface area (Å²) in [4.78, 5) is 0. The van der Waals surface area contributed by atoms with Gasteiger partial charge in [0.25, 0.3) is 0 Å². The largest absolute Gasteiger partial charge is 0.501 e. The summed E-state index contributed by atoms with van der Waals surface area (Å²) in [5.41, 5.74) is 0. The average Bonchev–Trinajstić information content (AvgIpc) is 1.99. The van der Waals surface area contributed by atoms with E-state index in [1.54, 1.807) is 7.11 Å². The highest BCUT2D eigenvalue weighted by Gasteiger charge is 2.37. The predicted octanol–water partition coefficient (Wildman–Crippen LogP) is 1.61. The summed E-state index contributed by atoms with van der Waals surface area (Å²) < 4.78 is 4.78. The van der Waals surface area contributed by atoms with Gasteiger partial charge in [-0.2, -0.15) is 12.6 Å². The normalized spacial score (nSPS) is 42.2. The van der Waals surface area contributed by atoms with Crippen molar-refractivity contribution in [3.05, 3.63) is 11.8 Å². The zero-order chi connectivity index (χ0) is 9.35. The van der Waals surface area contributed by atoms with Crippen molar-refractivity contribution < 1.29 is 9.84 Å². The maximum absolute atomic E-state index is 9.74. The number of hydrogen-bond donors (Lipinski definition) is 2. The second-order valence-corrected chi connectivity index (χ2v) is 4.70. The van der Waals surface area contributed by atoms with Crippen molar-refractivity contribution >= 4 is 12.6 Å². The number of aliphatic hydroxyl groups is 1. The van der Waals surface area contributed by atoms with E-state index in [9.17, 15) is 5.11 Å². The van der Waals surface area contributed by atoms with Gasteiger partial charge in [-0.25, -0.2) is 0 Å². The molecule has 0 aromatic heterocycles. The Labute approximate surface area is 79.0 Å². The topological polar surface area (TPSA) is 29.5 Å². The number of rotatable bonds is 1. The van der Waals surface area contributed by atoms with Crippen molar-refractivity contribution in [3.8, 4) is 0 Å². The third-order valence-electron chi connectivity index (χ3n) is 2.38. The van der Waals surface area contributed by atoms with Crippen molar-refractivity contribution in [3.63, 3.8) is 0 Å². The third kappa shape index (κ3) is 1.77. The van der Waals surface area contributed by atoms with Gasteiger partial charge < -0.3 is 9.84 Å². The van der Waals surface area contributed by atoms with Gasteiger partial charge >= 0.3 is 0 Å². The van der Waals surface area contributed by atoms with E-state index in [4.69, 9.17) is 4.74 Å². The molecule has 3 unspecified atom stereocenters. The molecule has 0 spiro atoms. The van der Waals surface area contributed by atoms with E-state index in [1.807, 2.05) is 19.9 Å². The predicted molar refractivity (Wildman–Crippen MR) is 52.3 cm³/mol. The molecule has 1 aliphatic rings. The highest BCUT2D eigenvalue weighted by molar-refractivity contribution is 7.81. The zero-order valence-electron chi connectivity index (χ0n) is 7.74. The highest BCUT2D eigenvalue weighted by Crippen LogP contribution is 2.36. The van der Waals surface area contributed by atoms with Crippen LogP contribution in [0, 0.1) is 5.92 Å². The standard InChI is InChI=1S/C9H16O2S/c1-6-4-7(11-3)5-9(2,12)8(6)10/h4,6,8,10,12H,5H2,1-3H3. The molecule has 0 saturated carbocycles. The van der Waals surface area contributed by atoms with Gasteiger partial charge in [-0.05, 0) is 13.0 Å². The summed E-state index contributed by atoms with van der Waals surface area (Å²) in [5.74, 6) is 1.04. The Morgan fingerprint density at radius 3 is 2.75 bits per heavy atom. The van der Waals surface area contributed by atoms with Gasteiger partial charge in [-0.3, -0.25) is 0 Å². The summed E-state index contributed by atoms with van der Waals surface area (Å²) in [5, 5.41) is 9.74. The molecule has 0 radical (unpaired) electrons. The summed E-state index contributed by atoms with van der Waals surface area (Å²) in [6.07, 6.45) is 2.26. The molecular formula is C9H16O2S. The SMILES string of the molecule is COC1=CC(C)C(O)C(C)(S)C1. The number of aliphatic hydroxyl groups excluding tert-OH is 1. The Hall–Kier alpha value is -0.150. The van der Waals surface area contributed by atoms with Crippen molar-refractivity contribution in [2.45, 2.75) is 31.1 Å². The van der Waals surface area contributed by atoms with E-state index in [-0.39, 0.29) is 16.8 Å². The van der Waals surface area contributed by atoms with E-state index in [0.29, 0.717) is 6.42 Å². The van der Waals surface area contributed by atoms with Crippen molar-refractivity contribution in [1.82, 2.24) is 0 Å². The number of hydrogen-bond acceptors (Lipinski definition) is 3. The molecule has 12 heavy (non-hydrogen) atoms. The van der Waals surface area contributed by atoms with Crippen LogP contribution < -0.4 is 0 Å². The molecule has 3 atom stereocenters. The molecule has 1 rings (SSSR count). The van der Waals surface area contributed by atoms with Crippen LogP contribution in [0.1, 0.15) is 20.3 Å². The Bertz CT molecular complexity index is 199. The minimum atomic E-state index is -0.389. The summed E-state index contributed by atoms with van der Waals surface area (Å²) in [6, 6.07) is 0. The maximum atomic E-state index is 9.74. The first-order chi connectivity index (χ1) is 5.47. The number of methoxy groups -OCH3 is 1. The summed E-state index contributed by atoms with van der Waals surface area (Å²) in [7, 11) is 1.65. The molecule has 70 valence electrons. The quantitative estimate of drug-likeness (QED) is 0.612. The van der Waals surface area contributed by atoms with Crippen LogP contribution in [0.15, 0.2) is 11.8 Å². The first-order valence-corrected chi connectivity index (χ1v) is 4.57. The van der Waals surface area contributed by atoms with E-state index in [0.717, 1.165) is 5.76 Å². The average molecular weight is 188 g/mol. The molecule has 0 saturated heterocycles. The molecule has 0 aliphatic heterocycles. The van der Waals surface area contributed by atoms with Crippen molar-refractivity contribution in [1.29, 1.82) is 0 Å². The molecule has 0 aromatic carbocycles. The lowest BCUT2D eigenvalue weighted by molar-refractivity contribution is 0.0791. The highest BCUT2D eigenvalue weighted by atomic mass is 32.1. The molecule has 0 fully saturated rings. The van der Waals surface area contributed by atoms with Crippen LogP contribution in [-0.2, 0) is 4.74 Å². The van der Waals surface area contributed by atoms with Crippen molar-refractivity contribution in [2.75, 3.05) is 7.11 Å². The van der Waals surface area contributed by atoms with E-state index in [1.165, 1.54) is 0 Å². The smallest absolute Gasteiger partial charge is 0.0934 e. The summed E-state index contributed by atoms with van der Waals surface area (Å²) >= 11 is 4.41. The molecule has 1 aliphatic carbocycles. The van der Waals surface area contributed by atoms with Crippen LogP contribution in [0.4, 0.5) is 0 Å². The Morgan fingerprint density at radius 2 is 2.33 bits per heavy atom. The third-order valence-corrected chi connectivity index (χ3v) is 2.80. The molecular weight excluding hydrogens is 172 g/mol. The second kappa shape index (κ2) is 3.30. The van der Waals surface area contributed by atoms with Gasteiger partial charge in [0.05, 0.1) is 19.0 Å². The van der Waals surface area contributed by atoms with Gasteiger partial charge in [0, 0.05) is 17.1 Å². The fourth-order valence-corrected chi connectivity index (χ4v) is 2.00. The van der Waals surface area contributed by atoms with Gasteiger partial charge in [0.1, 0.15) is 0 Å². The van der Waals surface area contributed by atoms with Gasteiger partial charge in [-0.1, -0.05) is 6.92 Å². The van der Waals surface area contributed by atoms with E-state index >= 15 is 0 Å². The van der Waals surface area contributed by atoms with Gasteiger partial charge in [-0.15, -0.1) is 0 Å². The van der Waals surface area contributed by atoms with Crippen molar-refractivity contribution in [2.24, 2.45) is 5.92 Å². The van der Waals surface area contributed by atoms with Crippen LogP contribution in [0.25, 0.3) is 0 Å². The molecule has 3 heteroatoms. The fraction of sp³-hybridized carbons (Fsp3) is 0.778. The maximum Gasteiger partial charge on any atom is 0.0934 e. The first-order valence-electron chi connectivity index (χ1n) is 4.12. The first kappa shape index (κ1) is 9.93. The summed E-state index contributed by atoms with van der Waals surface area (Å²) in [6.45, 7) is 3.90. The van der Waals surface area contributed by atoms with E-state index in [2.05, 4.69) is 12.6 Å². The monoisotopic (exact) mass is 188 g/mol. The zero-order valence-corrected chi connectivity index (χ0v) is 8.64. The fourth-order valence-electron chi connectivity index (χ4n) is 1.61. The molecule has 0 bridgehead atoms. The number of ether oxygens (including phenoxy) is 1. The van der Waals surface area contributed by atoms with Gasteiger partial charge in [0.15, 0.2) is 0 Å². The number of thiol groups is 1. The van der Waals surface area contributed by atoms with Gasteiger partial charge in [0.2, 0.25) is 0 Å². The van der Waals surface area contributed by atoms with Crippen LogP contribution in [0.5, 0.6) is 0 Å². The minimum absolute atomic E-state index is 0.121. The Balaban J connectivity index is 2.84. The Kier molecular flexibility index (Phi) is 2.74. The molecule has 2 nitrogen and oxygen atoms in total. The number of allylic oxidation sites excluding steroid dienone is 1. The lowest BCUT2D eigenvalue weighted by Crippen LogP contribution is -2.41. The van der Waals surface area contributed by atoms with Crippen LogP contribution >= 0.6 is 12.6 Å². The molecule has 0 heterocycles. The van der Waals surface area contributed by atoms with Crippen LogP contribution in [0.2, 0.25) is 0 Å². The lowest BCUT2D eigenvalue weighted by atomic mass is 9.84. The molecule has 0 aromatic rings. The molecule has 1 N–H and O–H groups in total. The minimum Gasteiger partial charge on any atom is -0.501 e. The van der Waals surface area contributed by atoms with Crippen LogP contribution in [-0.4, -0.2) is 23.1 Å². The lowest BCUT2D eigenvalue weighted by Gasteiger charge is -2.36. The Morgan fingerprint density at radius 1 is 1.75 bits per heavy atom. The second-order valence-electron chi connectivity index (χ2n) is 3.68. The van der Waals surface area contributed by atoms with E-state index < -0.39 is 0 Å². The molecule has 0 amide bonds. The van der Waals surface area contributed by atoms with Crippen LogP contribution in [0.3, 0.4) is 0 Å².